The molecule has 2 aromatic rings. The Morgan fingerprint density at radius 2 is 2.25 bits per heavy atom. The molecule has 5 nitrogen and oxygen atoms in total. The van der Waals surface area contributed by atoms with Crippen LogP contribution in [0.25, 0.3) is 5.52 Å². The van der Waals surface area contributed by atoms with Crippen LogP contribution in [0.1, 0.15) is 18.9 Å². The lowest BCUT2D eigenvalue weighted by atomic mass is 10.2. The number of nitrogens with zero attached hydrogens (tertiary/aromatic N) is 1. The molecule has 0 fully saturated rings. The van der Waals surface area contributed by atoms with E-state index in [-0.39, 0.29) is 18.0 Å². The summed E-state index contributed by atoms with van der Waals surface area (Å²) >= 11 is 0. The molecule has 0 saturated carbocycles. The van der Waals surface area contributed by atoms with Crippen molar-refractivity contribution in [3.8, 4) is 0 Å². The average Bonchev–Trinajstić information content (AvgIpc) is 2.76. The number of rotatable bonds is 3. The fraction of sp³-hybridized carbons (Fsp3) is 0.273. The number of carbonyl (C=O) groups excluding carboxylic acids is 1. The Balaban J connectivity index is 2.28. The summed E-state index contributed by atoms with van der Waals surface area (Å²) < 4.78 is 1.45. The highest BCUT2D eigenvalue weighted by Crippen LogP contribution is 2.00. The molecule has 2 aromatic heterocycles. The van der Waals surface area contributed by atoms with Crippen LogP contribution < -0.4 is 10.9 Å². The number of hydrogen-bond donors (Lipinski definition) is 2. The lowest BCUT2D eigenvalue weighted by Gasteiger charge is -2.03. The zero-order valence-corrected chi connectivity index (χ0v) is 8.99. The lowest BCUT2D eigenvalue weighted by Crippen LogP contribution is -2.27. The molecule has 0 aliphatic heterocycles. The van der Waals surface area contributed by atoms with Gasteiger partial charge >= 0.3 is 0 Å². The van der Waals surface area contributed by atoms with E-state index in [1.807, 2.05) is 12.1 Å². The molecule has 0 unspecified atom stereocenters. The minimum atomic E-state index is -0.126. The Labute approximate surface area is 92.1 Å². The molecule has 84 valence electrons. The fourth-order valence-electron chi connectivity index (χ4n) is 1.51. The quantitative estimate of drug-likeness (QED) is 0.796. The fourth-order valence-corrected chi connectivity index (χ4v) is 1.51. The van der Waals surface area contributed by atoms with Gasteiger partial charge in [0.25, 0.3) is 5.56 Å². The van der Waals surface area contributed by atoms with Gasteiger partial charge in [0.05, 0.1) is 5.52 Å². The van der Waals surface area contributed by atoms with Crippen molar-refractivity contribution in [2.24, 2.45) is 0 Å². The molecule has 0 aromatic carbocycles. The highest BCUT2D eigenvalue weighted by Gasteiger charge is 2.04. The van der Waals surface area contributed by atoms with E-state index in [9.17, 15) is 9.59 Å². The summed E-state index contributed by atoms with van der Waals surface area (Å²) in [5, 5.41) is 5.50. The second-order valence-corrected chi connectivity index (χ2v) is 3.52. The number of aromatic amines is 1. The van der Waals surface area contributed by atoms with Gasteiger partial charge in [-0.2, -0.15) is 0 Å². The largest absolute Gasteiger partial charge is 0.352 e. The van der Waals surface area contributed by atoms with Gasteiger partial charge in [-0.1, -0.05) is 6.92 Å². The second-order valence-electron chi connectivity index (χ2n) is 3.52. The van der Waals surface area contributed by atoms with Gasteiger partial charge in [0.2, 0.25) is 5.91 Å². The SMILES string of the molecule is CCC(=O)NCc1ccc2cc[nH]n2c1=O. The van der Waals surface area contributed by atoms with Crippen LogP contribution in [0.4, 0.5) is 0 Å². The molecule has 2 rings (SSSR count). The summed E-state index contributed by atoms with van der Waals surface area (Å²) in [7, 11) is 0. The summed E-state index contributed by atoms with van der Waals surface area (Å²) in [6.07, 6.45) is 2.12. The molecular formula is C11H13N3O2. The number of aromatic nitrogens is 2. The van der Waals surface area contributed by atoms with E-state index in [1.165, 1.54) is 4.52 Å². The summed E-state index contributed by atoms with van der Waals surface area (Å²) in [6.45, 7) is 2.05. The van der Waals surface area contributed by atoms with Crippen LogP contribution in [0, 0.1) is 0 Å². The molecule has 5 heteroatoms. The van der Waals surface area contributed by atoms with Crippen LogP contribution >= 0.6 is 0 Å². The monoisotopic (exact) mass is 219 g/mol. The molecule has 0 spiro atoms. The maximum absolute atomic E-state index is 11.9. The number of pyridine rings is 1. The van der Waals surface area contributed by atoms with Gasteiger partial charge in [0, 0.05) is 24.7 Å². The molecule has 0 atom stereocenters. The highest BCUT2D eigenvalue weighted by atomic mass is 16.1. The molecule has 16 heavy (non-hydrogen) atoms. The van der Waals surface area contributed by atoms with Crippen molar-refractivity contribution in [1.29, 1.82) is 0 Å². The normalized spacial score (nSPS) is 10.6. The molecule has 0 bridgehead atoms. The van der Waals surface area contributed by atoms with Gasteiger partial charge in [-0.3, -0.25) is 14.7 Å². The van der Waals surface area contributed by atoms with Crippen molar-refractivity contribution >= 4 is 11.4 Å². The van der Waals surface area contributed by atoms with Gasteiger partial charge in [-0.25, -0.2) is 4.52 Å². The van der Waals surface area contributed by atoms with Crippen molar-refractivity contribution in [2.45, 2.75) is 19.9 Å². The Kier molecular flexibility index (Phi) is 2.76. The Morgan fingerprint density at radius 3 is 3.00 bits per heavy atom. The van der Waals surface area contributed by atoms with Gasteiger partial charge in [-0.05, 0) is 18.2 Å². The molecule has 0 aliphatic carbocycles. The van der Waals surface area contributed by atoms with Crippen molar-refractivity contribution in [1.82, 2.24) is 14.9 Å². The van der Waals surface area contributed by atoms with Crippen LogP contribution in [0.2, 0.25) is 0 Å². The molecule has 0 radical (unpaired) electrons. The van der Waals surface area contributed by atoms with Gasteiger partial charge < -0.3 is 5.32 Å². The molecule has 2 heterocycles. The average molecular weight is 219 g/mol. The summed E-state index contributed by atoms with van der Waals surface area (Å²) in [4.78, 5) is 23.0. The number of carbonyl (C=O) groups is 1. The topological polar surface area (TPSA) is 66.4 Å². The number of nitrogens with one attached hydrogen (secondary N) is 2. The zero-order valence-electron chi connectivity index (χ0n) is 8.99. The van der Waals surface area contributed by atoms with E-state index in [0.29, 0.717) is 12.0 Å². The Hall–Kier alpha value is -2.04. The number of amides is 1. The van der Waals surface area contributed by atoms with E-state index in [4.69, 9.17) is 0 Å². The van der Waals surface area contributed by atoms with Crippen LogP contribution in [0.3, 0.4) is 0 Å². The van der Waals surface area contributed by atoms with Crippen molar-refractivity contribution < 1.29 is 4.79 Å². The van der Waals surface area contributed by atoms with E-state index in [0.717, 1.165) is 5.52 Å². The number of H-pyrrole nitrogens is 1. The minimum Gasteiger partial charge on any atom is -0.352 e. The van der Waals surface area contributed by atoms with Crippen LogP contribution in [-0.2, 0) is 11.3 Å². The number of fused-ring (bicyclic) bond motifs is 1. The molecule has 2 N–H and O–H groups in total. The minimum absolute atomic E-state index is 0.0593. The van der Waals surface area contributed by atoms with Crippen molar-refractivity contribution in [2.75, 3.05) is 0 Å². The third kappa shape index (κ3) is 1.84. The Morgan fingerprint density at radius 1 is 1.44 bits per heavy atom. The molecule has 0 aliphatic rings. The first-order valence-corrected chi connectivity index (χ1v) is 5.17. The lowest BCUT2D eigenvalue weighted by molar-refractivity contribution is -0.120. The van der Waals surface area contributed by atoms with E-state index in [2.05, 4.69) is 10.4 Å². The van der Waals surface area contributed by atoms with Crippen molar-refractivity contribution in [3.05, 3.63) is 40.3 Å². The second kappa shape index (κ2) is 4.22. The zero-order chi connectivity index (χ0) is 11.5. The van der Waals surface area contributed by atoms with E-state index in [1.54, 1.807) is 19.2 Å². The third-order valence-electron chi connectivity index (χ3n) is 2.45. The summed E-state index contributed by atoms with van der Waals surface area (Å²) in [5.41, 5.74) is 1.26. The van der Waals surface area contributed by atoms with E-state index >= 15 is 0 Å². The first kappa shape index (κ1) is 10.5. The third-order valence-corrected chi connectivity index (χ3v) is 2.45. The molecular weight excluding hydrogens is 206 g/mol. The predicted molar refractivity (Wildman–Crippen MR) is 60.2 cm³/mol. The highest BCUT2D eigenvalue weighted by molar-refractivity contribution is 5.75. The first-order valence-electron chi connectivity index (χ1n) is 5.17. The van der Waals surface area contributed by atoms with Crippen molar-refractivity contribution in [3.63, 3.8) is 0 Å². The number of hydrogen-bond acceptors (Lipinski definition) is 2. The maximum Gasteiger partial charge on any atom is 0.274 e. The predicted octanol–water partition coefficient (Wildman–Crippen LogP) is 0.654. The Bertz CT molecular complexity index is 568. The van der Waals surface area contributed by atoms with E-state index < -0.39 is 0 Å². The van der Waals surface area contributed by atoms with Crippen LogP contribution in [-0.4, -0.2) is 15.5 Å². The first-order chi connectivity index (χ1) is 7.72. The smallest absolute Gasteiger partial charge is 0.274 e. The van der Waals surface area contributed by atoms with Gasteiger partial charge in [0.1, 0.15) is 0 Å². The van der Waals surface area contributed by atoms with Crippen LogP contribution in [0.15, 0.2) is 29.2 Å². The molecule has 1 amide bonds. The van der Waals surface area contributed by atoms with Gasteiger partial charge in [0.15, 0.2) is 0 Å². The van der Waals surface area contributed by atoms with Crippen LogP contribution in [0.5, 0.6) is 0 Å². The summed E-state index contributed by atoms with van der Waals surface area (Å²) in [6, 6.07) is 5.39. The summed E-state index contributed by atoms with van der Waals surface area (Å²) in [5.74, 6) is -0.0593. The molecule has 0 saturated heterocycles. The maximum atomic E-state index is 11.9. The van der Waals surface area contributed by atoms with Gasteiger partial charge in [-0.15, -0.1) is 0 Å². The standard InChI is InChI=1S/C11H13N3O2/c1-2-10(15)12-7-8-3-4-9-5-6-13-14(9)11(8)16/h3-6,13H,2,7H2,1H3,(H,12,15).